The lowest BCUT2D eigenvalue weighted by Gasteiger charge is -2.17. The van der Waals surface area contributed by atoms with Crippen LogP contribution in [-0.4, -0.2) is 25.0 Å². The van der Waals surface area contributed by atoms with Crippen molar-refractivity contribution in [2.45, 2.75) is 194 Å². The van der Waals surface area contributed by atoms with Crippen LogP contribution in [0.4, 0.5) is 0 Å². The van der Waals surface area contributed by atoms with E-state index in [1.54, 1.807) is 0 Å². The molecule has 0 aliphatic carbocycles. The van der Waals surface area contributed by atoms with Gasteiger partial charge < -0.3 is 16.4 Å². The first-order chi connectivity index (χ1) is 21.6. The van der Waals surface area contributed by atoms with Gasteiger partial charge in [0.15, 0.2) is 5.96 Å². The minimum atomic E-state index is -0.0442. The normalized spacial score (nSPS) is 12.3. The molecule has 0 bridgehead atoms. The van der Waals surface area contributed by atoms with Gasteiger partial charge in [0.2, 0.25) is 5.91 Å². The van der Waals surface area contributed by atoms with Crippen molar-refractivity contribution in [3.63, 3.8) is 0 Å². The van der Waals surface area contributed by atoms with E-state index in [2.05, 4.69) is 48.8 Å². The van der Waals surface area contributed by atoms with Gasteiger partial charge in [-0.05, 0) is 64.2 Å². The number of carbonyl (C=O) groups excluding carboxylic acids is 1. The Morgan fingerprint density at radius 2 is 0.841 bits per heavy atom. The number of guanidine groups is 1. The zero-order valence-corrected chi connectivity index (χ0v) is 29.6. The quantitative estimate of drug-likeness (QED) is 0.0251. The first-order valence-electron chi connectivity index (χ1n) is 19.3. The van der Waals surface area contributed by atoms with Crippen LogP contribution in [0.2, 0.25) is 0 Å². The number of hydrogen-bond donors (Lipinski definition) is 4. The zero-order valence-electron chi connectivity index (χ0n) is 29.6. The molecule has 5 nitrogen and oxygen atoms in total. The fourth-order valence-electron chi connectivity index (χ4n) is 5.86. The predicted octanol–water partition coefficient (Wildman–Crippen LogP) is 11.3. The topological polar surface area (TPSA) is 91.0 Å². The van der Waals surface area contributed by atoms with Gasteiger partial charge in [-0.2, -0.15) is 0 Å². The standard InChI is InChI=1S/C39H76N4O/c1-3-5-7-9-11-13-15-17-19-20-22-24-26-28-30-32-34-37(38(44)42-35-36-43-39(40)41)33-31-29-27-25-23-21-18-16-14-12-10-8-6-4-2/h17-19,21,37H,3-16,20,22-36H2,1-2H3,(H,42,44)(H4,40,41,43)/b19-17-,21-18-. The Morgan fingerprint density at radius 3 is 1.20 bits per heavy atom. The van der Waals surface area contributed by atoms with Crippen molar-refractivity contribution >= 4 is 11.9 Å². The summed E-state index contributed by atoms with van der Waals surface area (Å²) in [6.07, 6.45) is 45.4. The second kappa shape index (κ2) is 35.7. The summed E-state index contributed by atoms with van der Waals surface area (Å²) in [5, 5.41) is 13.1. The highest BCUT2D eigenvalue weighted by atomic mass is 16.1. The Labute approximate surface area is 275 Å². The summed E-state index contributed by atoms with van der Waals surface area (Å²) in [5.74, 6) is 0.249. The van der Waals surface area contributed by atoms with Crippen LogP contribution < -0.4 is 16.4 Å². The van der Waals surface area contributed by atoms with E-state index >= 15 is 0 Å². The van der Waals surface area contributed by atoms with Gasteiger partial charge in [0, 0.05) is 19.0 Å². The van der Waals surface area contributed by atoms with Gasteiger partial charge in [0.05, 0.1) is 0 Å². The van der Waals surface area contributed by atoms with Gasteiger partial charge in [-0.25, -0.2) is 0 Å². The molecule has 0 heterocycles. The average molecular weight is 617 g/mol. The first-order valence-corrected chi connectivity index (χ1v) is 19.3. The Morgan fingerprint density at radius 1 is 0.523 bits per heavy atom. The van der Waals surface area contributed by atoms with Crippen molar-refractivity contribution in [1.29, 1.82) is 5.41 Å². The van der Waals surface area contributed by atoms with Gasteiger partial charge in [-0.3, -0.25) is 10.2 Å². The van der Waals surface area contributed by atoms with E-state index in [4.69, 9.17) is 11.1 Å². The van der Waals surface area contributed by atoms with Crippen LogP contribution in [0.5, 0.6) is 0 Å². The molecule has 258 valence electrons. The molecule has 0 aromatic heterocycles. The molecule has 1 unspecified atom stereocenters. The van der Waals surface area contributed by atoms with Gasteiger partial charge in [-0.1, -0.05) is 154 Å². The predicted molar refractivity (Wildman–Crippen MR) is 195 cm³/mol. The van der Waals surface area contributed by atoms with Crippen LogP contribution in [-0.2, 0) is 4.79 Å². The smallest absolute Gasteiger partial charge is 0.223 e. The summed E-state index contributed by atoms with van der Waals surface area (Å²) in [5.41, 5.74) is 5.36. The number of carbonyl (C=O) groups is 1. The Kier molecular flexibility index (Phi) is 34.3. The molecular weight excluding hydrogens is 540 g/mol. The molecule has 1 atom stereocenters. The number of nitrogens with one attached hydrogen (secondary N) is 3. The molecule has 0 spiro atoms. The molecule has 0 saturated carbocycles. The molecule has 44 heavy (non-hydrogen) atoms. The van der Waals surface area contributed by atoms with Crippen molar-refractivity contribution < 1.29 is 4.79 Å². The summed E-state index contributed by atoms with van der Waals surface area (Å²) in [4.78, 5) is 12.9. The van der Waals surface area contributed by atoms with Gasteiger partial charge >= 0.3 is 0 Å². The molecule has 0 saturated heterocycles. The molecule has 0 aliphatic rings. The third kappa shape index (κ3) is 33.1. The number of amides is 1. The van der Waals surface area contributed by atoms with Crippen LogP contribution in [0.1, 0.15) is 194 Å². The molecular formula is C39H76N4O. The Bertz CT molecular complexity index is 675. The minimum absolute atomic E-state index is 0.0442. The average Bonchev–Trinajstić information content (AvgIpc) is 3.01. The van der Waals surface area contributed by atoms with Crippen molar-refractivity contribution in [2.75, 3.05) is 13.1 Å². The third-order valence-electron chi connectivity index (χ3n) is 8.74. The second-order valence-corrected chi connectivity index (χ2v) is 13.1. The summed E-state index contributed by atoms with van der Waals surface area (Å²) >= 11 is 0. The highest BCUT2D eigenvalue weighted by Gasteiger charge is 2.17. The zero-order chi connectivity index (χ0) is 32.2. The van der Waals surface area contributed by atoms with Crippen LogP contribution in [0.15, 0.2) is 24.3 Å². The lowest BCUT2D eigenvalue weighted by Crippen LogP contribution is -2.39. The highest BCUT2D eigenvalue weighted by Crippen LogP contribution is 2.20. The minimum Gasteiger partial charge on any atom is -0.370 e. The molecule has 0 fully saturated rings. The molecule has 0 radical (unpaired) electrons. The number of rotatable bonds is 34. The van der Waals surface area contributed by atoms with E-state index in [9.17, 15) is 4.79 Å². The maximum atomic E-state index is 12.9. The molecule has 5 heteroatoms. The van der Waals surface area contributed by atoms with E-state index in [1.165, 1.54) is 154 Å². The maximum Gasteiger partial charge on any atom is 0.223 e. The second-order valence-electron chi connectivity index (χ2n) is 13.1. The summed E-state index contributed by atoms with van der Waals surface area (Å²) in [6, 6.07) is 0. The van der Waals surface area contributed by atoms with Crippen molar-refractivity contribution in [3.05, 3.63) is 24.3 Å². The van der Waals surface area contributed by atoms with Gasteiger partial charge in [-0.15, -0.1) is 0 Å². The Balaban J connectivity index is 4.00. The van der Waals surface area contributed by atoms with E-state index < -0.39 is 0 Å². The number of nitrogens with two attached hydrogens (primary N) is 1. The van der Waals surface area contributed by atoms with Crippen molar-refractivity contribution in [1.82, 2.24) is 10.6 Å². The number of unbranched alkanes of at least 4 members (excludes halogenated alkanes) is 22. The summed E-state index contributed by atoms with van der Waals surface area (Å²) < 4.78 is 0. The number of allylic oxidation sites excluding steroid dienone is 4. The third-order valence-corrected chi connectivity index (χ3v) is 8.74. The SMILES string of the molecule is CCCCCCCC/C=C\CCCCCCCCC(CCCCCC/C=C\CCCCCCCC)C(=O)NCCNC(=N)N. The van der Waals surface area contributed by atoms with Gasteiger partial charge in [0.25, 0.3) is 0 Å². The summed E-state index contributed by atoms with van der Waals surface area (Å²) in [7, 11) is 0. The molecule has 1 amide bonds. The molecule has 0 aromatic carbocycles. The van der Waals surface area contributed by atoms with Crippen LogP contribution >= 0.6 is 0 Å². The number of hydrogen-bond acceptors (Lipinski definition) is 2. The lowest BCUT2D eigenvalue weighted by molar-refractivity contribution is -0.125. The highest BCUT2D eigenvalue weighted by molar-refractivity contribution is 5.78. The van der Waals surface area contributed by atoms with Crippen LogP contribution in [0, 0.1) is 11.3 Å². The first kappa shape index (κ1) is 42.2. The largest absolute Gasteiger partial charge is 0.370 e. The van der Waals surface area contributed by atoms with Crippen molar-refractivity contribution in [2.24, 2.45) is 11.7 Å². The van der Waals surface area contributed by atoms with Gasteiger partial charge in [0.1, 0.15) is 0 Å². The monoisotopic (exact) mass is 617 g/mol. The molecule has 0 rings (SSSR count). The van der Waals surface area contributed by atoms with E-state index in [0.717, 1.165) is 25.7 Å². The van der Waals surface area contributed by atoms with E-state index in [1.807, 2.05) is 0 Å². The maximum absolute atomic E-state index is 12.9. The van der Waals surface area contributed by atoms with Crippen LogP contribution in [0.25, 0.3) is 0 Å². The van der Waals surface area contributed by atoms with Crippen LogP contribution in [0.3, 0.4) is 0 Å². The molecule has 5 N–H and O–H groups in total. The van der Waals surface area contributed by atoms with E-state index in [-0.39, 0.29) is 17.8 Å². The Hall–Kier alpha value is -1.78. The summed E-state index contributed by atoms with van der Waals surface area (Å²) in [6.45, 7) is 5.58. The fraction of sp³-hybridized carbons (Fsp3) is 0.846. The van der Waals surface area contributed by atoms with E-state index in [0.29, 0.717) is 13.1 Å². The van der Waals surface area contributed by atoms with Crippen molar-refractivity contribution in [3.8, 4) is 0 Å². The molecule has 0 aromatic rings. The fourth-order valence-corrected chi connectivity index (χ4v) is 5.86. The lowest BCUT2D eigenvalue weighted by atomic mass is 9.93. The molecule has 0 aliphatic heterocycles.